The van der Waals surface area contributed by atoms with Gasteiger partial charge in [-0.15, -0.1) is 0 Å². The quantitative estimate of drug-likeness (QED) is 0.800. The van der Waals surface area contributed by atoms with E-state index in [4.69, 9.17) is 11.6 Å². The summed E-state index contributed by atoms with van der Waals surface area (Å²) in [4.78, 5) is 12.4. The number of carbonyl (C=O) groups is 1. The van der Waals surface area contributed by atoms with Crippen LogP contribution in [0.4, 0.5) is 0 Å². The van der Waals surface area contributed by atoms with E-state index in [1.54, 1.807) is 12.1 Å². The Morgan fingerprint density at radius 2 is 2.05 bits per heavy atom. The molecule has 0 aliphatic heterocycles. The molecule has 2 rings (SSSR count). The van der Waals surface area contributed by atoms with Gasteiger partial charge in [0.1, 0.15) is 0 Å². The topological polar surface area (TPSA) is 34.9 Å². The molecule has 0 amide bonds. The lowest BCUT2D eigenvalue weighted by Gasteiger charge is -2.07. The molecule has 100 valence electrons. The number of benzene rings is 1. The van der Waals surface area contributed by atoms with Crippen LogP contribution < -0.4 is 0 Å². The van der Waals surface area contributed by atoms with Crippen LogP contribution in [0.2, 0.25) is 5.02 Å². The lowest BCUT2D eigenvalue weighted by Crippen LogP contribution is -2.10. The van der Waals surface area contributed by atoms with Crippen molar-refractivity contribution in [3.8, 4) is 0 Å². The Morgan fingerprint density at radius 3 is 2.74 bits per heavy atom. The van der Waals surface area contributed by atoms with E-state index in [0.717, 1.165) is 23.5 Å². The van der Waals surface area contributed by atoms with E-state index in [1.807, 2.05) is 37.6 Å². The normalized spacial score (nSPS) is 10.7. The number of aromatic nitrogens is 2. The predicted octanol–water partition coefficient (Wildman–Crippen LogP) is 3.60. The molecule has 0 saturated carbocycles. The number of carbonyl (C=O) groups excluding carboxylic acids is 1. The highest BCUT2D eigenvalue weighted by Gasteiger charge is 2.14. The molecule has 3 nitrogen and oxygen atoms in total. The molecule has 0 bridgehead atoms. The maximum Gasteiger partial charge on any atom is 0.169 e. The van der Waals surface area contributed by atoms with Crippen LogP contribution in [0.5, 0.6) is 0 Å². The summed E-state index contributed by atoms with van der Waals surface area (Å²) in [6.07, 6.45) is 0.357. The number of hydrogen-bond donors (Lipinski definition) is 0. The van der Waals surface area contributed by atoms with Gasteiger partial charge in [-0.1, -0.05) is 17.7 Å². The summed E-state index contributed by atoms with van der Waals surface area (Å²) < 4.78 is 1.87. The van der Waals surface area contributed by atoms with Gasteiger partial charge in [0.25, 0.3) is 0 Å². The molecule has 4 heteroatoms. The molecular weight excluding hydrogens is 260 g/mol. The summed E-state index contributed by atoms with van der Waals surface area (Å²) in [5.41, 5.74) is 3.53. The van der Waals surface area contributed by atoms with Crippen molar-refractivity contribution >= 4 is 17.4 Å². The van der Waals surface area contributed by atoms with Gasteiger partial charge in [0.2, 0.25) is 0 Å². The van der Waals surface area contributed by atoms with Gasteiger partial charge in [-0.2, -0.15) is 5.10 Å². The number of rotatable bonds is 4. The number of hydrogen-bond acceptors (Lipinski definition) is 2. The molecular formula is C15H17ClN2O. The number of halogens is 1. The minimum Gasteiger partial charge on any atom is -0.294 e. The van der Waals surface area contributed by atoms with Gasteiger partial charge in [0.15, 0.2) is 5.78 Å². The Kier molecular flexibility index (Phi) is 4.05. The van der Waals surface area contributed by atoms with Gasteiger partial charge in [0.05, 0.1) is 12.1 Å². The molecule has 0 aliphatic carbocycles. The van der Waals surface area contributed by atoms with Crippen molar-refractivity contribution in [2.45, 2.75) is 33.7 Å². The fraction of sp³-hybridized carbons (Fsp3) is 0.333. The molecule has 0 N–H and O–H groups in total. The maximum atomic E-state index is 12.4. The van der Waals surface area contributed by atoms with E-state index in [9.17, 15) is 4.79 Å². The van der Waals surface area contributed by atoms with Crippen LogP contribution in [0, 0.1) is 13.8 Å². The Labute approximate surface area is 118 Å². The summed E-state index contributed by atoms with van der Waals surface area (Å²) in [5, 5.41) is 4.95. The zero-order valence-electron chi connectivity index (χ0n) is 11.4. The maximum absolute atomic E-state index is 12.4. The second-order valence-corrected chi connectivity index (χ2v) is 5.09. The van der Waals surface area contributed by atoms with Gasteiger partial charge >= 0.3 is 0 Å². The monoisotopic (exact) mass is 276 g/mol. The van der Waals surface area contributed by atoms with Gasteiger partial charge in [0, 0.05) is 22.8 Å². The van der Waals surface area contributed by atoms with E-state index in [-0.39, 0.29) is 5.78 Å². The zero-order chi connectivity index (χ0) is 14.0. The van der Waals surface area contributed by atoms with Crippen molar-refractivity contribution in [1.29, 1.82) is 0 Å². The summed E-state index contributed by atoms with van der Waals surface area (Å²) in [6, 6.07) is 7.37. The second kappa shape index (κ2) is 5.57. The molecule has 1 aromatic heterocycles. The standard InChI is InChI=1S/C15H17ClN2O/c1-4-18-13(7-11(3)17-18)9-15(19)14-8-12(16)6-5-10(14)2/h5-8H,4,9H2,1-3H3. The lowest BCUT2D eigenvalue weighted by molar-refractivity contribution is 0.0990. The van der Waals surface area contributed by atoms with Crippen LogP contribution in [0.3, 0.4) is 0 Å². The summed E-state index contributed by atoms with van der Waals surface area (Å²) in [5.74, 6) is 0.0783. The average Bonchev–Trinajstić information content (AvgIpc) is 2.72. The number of ketones is 1. The molecule has 1 heterocycles. The first kappa shape index (κ1) is 13.8. The molecule has 19 heavy (non-hydrogen) atoms. The van der Waals surface area contributed by atoms with E-state index < -0.39 is 0 Å². The molecule has 0 unspecified atom stereocenters. The van der Waals surface area contributed by atoms with Crippen LogP contribution in [0.25, 0.3) is 0 Å². The first-order chi connectivity index (χ1) is 9.01. The minimum atomic E-state index is 0.0783. The van der Waals surface area contributed by atoms with E-state index >= 15 is 0 Å². The van der Waals surface area contributed by atoms with Gasteiger partial charge in [-0.25, -0.2) is 0 Å². The van der Waals surface area contributed by atoms with Crippen LogP contribution in [-0.4, -0.2) is 15.6 Å². The fourth-order valence-electron chi connectivity index (χ4n) is 2.17. The van der Waals surface area contributed by atoms with Crippen molar-refractivity contribution in [3.05, 3.63) is 51.8 Å². The highest BCUT2D eigenvalue weighted by molar-refractivity contribution is 6.31. The van der Waals surface area contributed by atoms with Crippen molar-refractivity contribution in [2.75, 3.05) is 0 Å². The number of aryl methyl sites for hydroxylation is 3. The molecule has 0 spiro atoms. The van der Waals surface area contributed by atoms with Crippen LogP contribution in [-0.2, 0) is 13.0 Å². The van der Waals surface area contributed by atoms with E-state index in [2.05, 4.69) is 5.10 Å². The van der Waals surface area contributed by atoms with Crippen LogP contribution in [0.15, 0.2) is 24.3 Å². The van der Waals surface area contributed by atoms with Gasteiger partial charge in [-0.05, 0) is 44.5 Å². The third-order valence-electron chi connectivity index (χ3n) is 3.13. The first-order valence-corrected chi connectivity index (χ1v) is 6.71. The minimum absolute atomic E-state index is 0.0783. The molecule has 2 aromatic rings. The summed E-state index contributed by atoms with van der Waals surface area (Å²) in [7, 11) is 0. The molecule has 1 aromatic carbocycles. The molecule has 0 radical (unpaired) electrons. The second-order valence-electron chi connectivity index (χ2n) is 4.65. The Hall–Kier alpha value is -1.61. The highest BCUT2D eigenvalue weighted by atomic mass is 35.5. The van der Waals surface area contributed by atoms with Gasteiger partial charge < -0.3 is 0 Å². The lowest BCUT2D eigenvalue weighted by atomic mass is 10.0. The summed E-state index contributed by atoms with van der Waals surface area (Å²) in [6.45, 7) is 6.65. The van der Waals surface area contributed by atoms with Crippen LogP contribution >= 0.6 is 11.6 Å². The SMILES string of the molecule is CCn1nc(C)cc1CC(=O)c1cc(Cl)ccc1C. The Morgan fingerprint density at radius 1 is 1.32 bits per heavy atom. The fourth-order valence-corrected chi connectivity index (χ4v) is 2.34. The molecule has 0 fully saturated rings. The Balaban J connectivity index is 2.27. The van der Waals surface area contributed by atoms with Crippen molar-refractivity contribution in [1.82, 2.24) is 9.78 Å². The number of Topliss-reactive ketones (excluding diaryl/α,β-unsaturated/α-hetero) is 1. The smallest absolute Gasteiger partial charge is 0.169 e. The van der Waals surface area contributed by atoms with Crippen LogP contribution in [0.1, 0.15) is 34.2 Å². The summed E-state index contributed by atoms with van der Waals surface area (Å²) >= 11 is 5.96. The van der Waals surface area contributed by atoms with Crippen molar-refractivity contribution in [2.24, 2.45) is 0 Å². The zero-order valence-corrected chi connectivity index (χ0v) is 12.2. The van der Waals surface area contributed by atoms with E-state index in [0.29, 0.717) is 17.0 Å². The number of nitrogens with zero attached hydrogens (tertiary/aromatic N) is 2. The van der Waals surface area contributed by atoms with E-state index in [1.165, 1.54) is 0 Å². The highest BCUT2D eigenvalue weighted by Crippen LogP contribution is 2.18. The van der Waals surface area contributed by atoms with Crippen molar-refractivity contribution in [3.63, 3.8) is 0 Å². The average molecular weight is 277 g/mol. The third kappa shape index (κ3) is 3.04. The third-order valence-corrected chi connectivity index (χ3v) is 3.36. The Bertz CT molecular complexity index is 617. The largest absolute Gasteiger partial charge is 0.294 e. The van der Waals surface area contributed by atoms with Gasteiger partial charge in [-0.3, -0.25) is 9.48 Å². The molecule has 0 saturated heterocycles. The molecule has 0 atom stereocenters. The van der Waals surface area contributed by atoms with Crippen molar-refractivity contribution < 1.29 is 4.79 Å². The first-order valence-electron chi connectivity index (χ1n) is 6.34. The predicted molar refractivity (Wildman–Crippen MR) is 76.9 cm³/mol. The molecule has 0 aliphatic rings.